The van der Waals surface area contributed by atoms with Gasteiger partial charge in [-0.1, -0.05) is 6.92 Å². The van der Waals surface area contributed by atoms with E-state index in [1.165, 1.54) is 4.88 Å². The fourth-order valence-corrected chi connectivity index (χ4v) is 2.52. The highest BCUT2D eigenvalue weighted by molar-refractivity contribution is 7.18. The van der Waals surface area contributed by atoms with Gasteiger partial charge in [-0.05, 0) is 33.3 Å². The fraction of sp³-hybridized carbons (Fsp3) is 0.500. The Hall–Kier alpha value is -1.16. The Balaban J connectivity index is 2.49. The van der Waals surface area contributed by atoms with Crippen LogP contribution >= 0.6 is 11.3 Å². The van der Waals surface area contributed by atoms with Crippen LogP contribution in [0.2, 0.25) is 0 Å². The van der Waals surface area contributed by atoms with E-state index in [0.717, 1.165) is 28.3 Å². The minimum Gasteiger partial charge on any atom is -0.367 e. The van der Waals surface area contributed by atoms with E-state index >= 15 is 0 Å². The molecule has 0 aliphatic rings. The largest absolute Gasteiger partial charge is 0.367 e. The fourth-order valence-electron chi connectivity index (χ4n) is 1.59. The zero-order chi connectivity index (χ0) is 11.7. The summed E-state index contributed by atoms with van der Waals surface area (Å²) in [7, 11) is 0. The molecule has 0 fully saturated rings. The average Bonchev–Trinajstić information content (AvgIpc) is 2.58. The molecule has 0 spiro atoms. The average molecular weight is 235 g/mol. The highest BCUT2D eigenvalue weighted by Crippen LogP contribution is 2.28. The Kier molecular flexibility index (Phi) is 3.10. The first kappa shape index (κ1) is 11.3. The number of hydrogen-bond acceptors (Lipinski definition) is 4. The molecule has 2 aromatic rings. The molecule has 0 aromatic carbocycles. The standard InChI is InChI=1S/C12H17N3S/c1-5-7(2)13-11-10-6-8(3)16-12(10)15-9(4)14-11/h6-7H,5H2,1-4H3,(H,13,14,15). The van der Waals surface area contributed by atoms with Crippen molar-refractivity contribution < 1.29 is 0 Å². The van der Waals surface area contributed by atoms with Gasteiger partial charge in [0.25, 0.3) is 0 Å². The quantitative estimate of drug-likeness (QED) is 0.884. The molecule has 0 radical (unpaired) electrons. The number of rotatable bonds is 3. The van der Waals surface area contributed by atoms with Crippen LogP contribution in [0, 0.1) is 13.8 Å². The van der Waals surface area contributed by atoms with Gasteiger partial charge in [-0.3, -0.25) is 0 Å². The molecule has 1 unspecified atom stereocenters. The summed E-state index contributed by atoms with van der Waals surface area (Å²) in [4.78, 5) is 11.3. The van der Waals surface area contributed by atoms with Crippen LogP contribution in [0.15, 0.2) is 6.07 Å². The van der Waals surface area contributed by atoms with Gasteiger partial charge < -0.3 is 5.32 Å². The van der Waals surface area contributed by atoms with Crippen molar-refractivity contribution >= 4 is 27.4 Å². The minimum absolute atomic E-state index is 0.442. The van der Waals surface area contributed by atoms with Crippen LogP contribution < -0.4 is 5.32 Å². The van der Waals surface area contributed by atoms with Gasteiger partial charge in [0, 0.05) is 10.9 Å². The lowest BCUT2D eigenvalue weighted by molar-refractivity contribution is 0.759. The number of aryl methyl sites for hydroxylation is 2. The predicted octanol–water partition coefficient (Wildman–Crippen LogP) is 3.52. The molecule has 1 atom stereocenters. The van der Waals surface area contributed by atoms with Crippen LogP contribution in [0.4, 0.5) is 5.82 Å². The first-order chi connectivity index (χ1) is 7.60. The molecule has 0 bridgehead atoms. The van der Waals surface area contributed by atoms with Crippen molar-refractivity contribution in [2.24, 2.45) is 0 Å². The highest BCUT2D eigenvalue weighted by Gasteiger charge is 2.10. The van der Waals surface area contributed by atoms with Gasteiger partial charge in [0.2, 0.25) is 0 Å². The number of nitrogens with one attached hydrogen (secondary N) is 1. The van der Waals surface area contributed by atoms with E-state index < -0.39 is 0 Å². The summed E-state index contributed by atoms with van der Waals surface area (Å²) in [6, 6.07) is 2.60. The van der Waals surface area contributed by atoms with Crippen LogP contribution in [0.5, 0.6) is 0 Å². The maximum Gasteiger partial charge on any atom is 0.138 e. The van der Waals surface area contributed by atoms with Gasteiger partial charge in [-0.15, -0.1) is 11.3 Å². The maximum absolute atomic E-state index is 4.49. The lowest BCUT2D eigenvalue weighted by atomic mass is 10.2. The number of thiophene rings is 1. The Bertz CT molecular complexity index is 504. The second kappa shape index (κ2) is 4.37. The van der Waals surface area contributed by atoms with Crippen molar-refractivity contribution in [3.63, 3.8) is 0 Å². The van der Waals surface area contributed by atoms with Crippen molar-refractivity contribution in [1.29, 1.82) is 0 Å². The lowest BCUT2D eigenvalue weighted by Gasteiger charge is -2.13. The number of anilines is 1. The zero-order valence-corrected chi connectivity index (χ0v) is 11.0. The van der Waals surface area contributed by atoms with E-state index in [-0.39, 0.29) is 0 Å². The van der Waals surface area contributed by atoms with E-state index in [0.29, 0.717) is 6.04 Å². The van der Waals surface area contributed by atoms with Crippen molar-refractivity contribution in [2.45, 2.75) is 40.2 Å². The molecule has 86 valence electrons. The Morgan fingerprint density at radius 1 is 1.38 bits per heavy atom. The summed E-state index contributed by atoms with van der Waals surface area (Å²) in [6.45, 7) is 8.38. The van der Waals surface area contributed by atoms with Gasteiger partial charge in [0.05, 0.1) is 5.39 Å². The van der Waals surface area contributed by atoms with E-state index in [4.69, 9.17) is 0 Å². The highest BCUT2D eigenvalue weighted by atomic mass is 32.1. The topological polar surface area (TPSA) is 37.8 Å². The molecular formula is C12H17N3S. The summed E-state index contributed by atoms with van der Waals surface area (Å²) >= 11 is 1.72. The molecule has 0 amide bonds. The minimum atomic E-state index is 0.442. The molecule has 2 aromatic heterocycles. The summed E-state index contributed by atoms with van der Waals surface area (Å²) in [5.41, 5.74) is 0. The summed E-state index contributed by atoms with van der Waals surface area (Å²) in [6.07, 6.45) is 1.09. The van der Waals surface area contributed by atoms with Crippen molar-refractivity contribution in [3.8, 4) is 0 Å². The smallest absolute Gasteiger partial charge is 0.138 e. The summed E-state index contributed by atoms with van der Waals surface area (Å²) in [5, 5.41) is 4.59. The molecule has 0 saturated heterocycles. The zero-order valence-electron chi connectivity index (χ0n) is 10.2. The molecule has 16 heavy (non-hydrogen) atoms. The predicted molar refractivity (Wildman–Crippen MR) is 70.3 cm³/mol. The van der Waals surface area contributed by atoms with Crippen LogP contribution in [0.25, 0.3) is 10.2 Å². The SMILES string of the molecule is CCC(C)Nc1nc(C)nc2sc(C)cc12. The first-order valence-corrected chi connectivity index (χ1v) is 6.43. The van der Waals surface area contributed by atoms with Gasteiger partial charge in [0.15, 0.2) is 0 Å². The molecule has 1 N–H and O–H groups in total. The summed E-state index contributed by atoms with van der Waals surface area (Å²) in [5.74, 6) is 1.81. The van der Waals surface area contributed by atoms with Crippen molar-refractivity contribution in [1.82, 2.24) is 9.97 Å². The number of fused-ring (bicyclic) bond motifs is 1. The van der Waals surface area contributed by atoms with E-state index in [1.54, 1.807) is 11.3 Å². The van der Waals surface area contributed by atoms with Crippen LogP contribution in [-0.2, 0) is 0 Å². The molecule has 0 saturated carbocycles. The number of hydrogen-bond donors (Lipinski definition) is 1. The number of nitrogens with zero attached hydrogens (tertiary/aromatic N) is 2. The van der Waals surface area contributed by atoms with Crippen LogP contribution in [-0.4, -0.2) is 16.0 Å². The molecule has 2 heterocycles. The molecule has 2 rings (SSSR count). The third-order valence-electron chi connectivity index (χ3n) is 2.62. The van der Waals surface area contributed by atoms with Crippen LogP contribution in [0.1, 0.15) is 31.0 Å². The first-order valence-electron chi connectivity index (χ1n) is 5.61. The van der Waals surface area contributed by atoms with Gasteiger partial charge in [0.1, 0.15) is 16.5 Å². The van der Waals surface area contributed by atoms with Crippen molar-refractivity contribution in [2.75, 3.05) is 5.32 Å². The number of aromatic nitrogens is 2. The third kappa shape index (κ3) is 2.16. The molecule has 0 aliphatic heterocycles. The molecule has 3 nitrogen and oxygen atoms in total. The molecule has 0 aliphatic carbocycles. The van der Waals surface area contributed by atoms with Gasteiger partial charge in [-0.25, -0.2) is 9.97 Å². The monoisotopic (exact) mass is 235 g/mol. The Morgan fingerprint density at radius 3 is 2.81 bits per heavy atom. The third-order valence-corrected chi connectivity index (χ3v) is 3.57. The van der Waals surface area contributed by atoms with Crippen molar-refractivity contribution in [3.05, 3.63) is 16.8 Å². The van der Waals surface area contributed by atoms with E-state index in [1.807, 2.05) is 6.92 Å². The Morgan fingerprint density at radius 2 is 2.12 bits per heavy atom. The maximum atomic E-state index is 4.49. The Labute approximate surface area is 99.9 Å². The van der Waals surface area contributed by atoms with Gasteiger partial charge in [-0.2, -0.15) is 0 Å². The lowest BCUT2D eigenvalue weighted by Crippen LogP contribution is -2.15. The normalized spacial score (nSPS) is 13.0. The molecular weight excluding hydrogens is 218 g/mol. The van der Waals surface area contributed by atoms with E-state index in [2.05, 4.69) is 42.1 Å². The second-order valence-electron chi connectivity index (χ2n) is 4.15. The van der Waals surface area contributed by atoms with E-state index in [9.17, 15) is 0 Å². The summed E-state index contributed by atoms with van der Waals surface area (Å²) < 4.78 is 0. The van der Waals surface area contributed by atoms with Gasteiger partial charge >= 0.3 is 0 Å². The van der Waals surface area contributed by atoms with Crippen LogP contribution in [0.3, 0.4) is 0 Å². The molecule has 4 heteroatoms. The second-order valence-corrected chi connectivity index (χ2v) is 5.38.